The predicted molar refractivity (Wildman–Crippen MR) is 69.5 cm³/mol. The van der Waals surface area contributed by atoms with Gasteiger partial charge in [-0.3, -0.25) is 9.36 Å². The van der Waals surface area contributed by atoms with Crippen LogP contribution in [0.15, 0.2) is 15.5 Å². The van der Waals surface area contributed by atoms with Crippen LogP contribution >= 0.6 is 15.9 Å². The number of esters is 1. The highest BCUT2D eigenvalue weighted by molar-refractivity contribution is 9.10. The van der Waals surface area contributed by atoms with E-state index in [2.05, 4.69) is 20.9 Å². The quantitative estimate of drug-likeness (QED) is 0.740. The van der Waals surface area contributed by atoms with E-state index < -0.39 is 29.3 Å². The number of rotatable bonds is 1. The van der Waals surface area contributed by atoms with E-state index >= 15 is 0 Å². The van der Waals surface area contributed by atoms with Gasteiger partial charge < -0.3 is 4.74 Å². The topological polar surface area (TPSA) is 61.2 Å². The number of halogens is 2. The standard InChI is InChI=1S/C12H14BrFN2O3/c1-12(2,3)19-11(18)8-4-7(14)9-15-5-6(13)10(17)16(8)9/h5,7-8H,4H2,1-3H3/t7?,8-/m0/s1. The number of alkyl halides is 1. The molecule has 0 radical (unpaired) electrons. The summed E-state index contributed by atoms with van der Waals surface area (Å²) in [4.78, 5) is 27.9. The lowest BCUT2D eigenvalue weighted by atomic mass is 10.1. The molecule has 0 aliphatic carbocycles. The Morgan fingerprint density at radius 1 is 1.58 bits per heavy atom. The van der Waals surface area contributed by atoms with E-state index in [-0.39, 0.29) is 16.7 Å². The van der Waals surface area contributed by atoms with Crippen LogP contribution < -0.4 is 5.56 Å². The fourth-order valence-corrected chi connectivity index (χ4v) is 2.26. The number of fused-ring (bicyclic) bond motifs is 1. The lowest BCUT2D eigenvalue weighted by Crippen LogP contribution is -2.33. The Labute approximate surface area is 117 Å². The van der Waals surface area contributed by atoms with Gasteiger partial charge in [-0.2, -0.15) is 0 Å². The number of nitrogens with zero attached hydrogens (tertiary/aromatic N) is 2. The first kappa shape index (κ1) is 14.2. The van der Waals surface area contributed by atoms with Crippen LogP contribution in [0.2, 0.25) is 0 Å². The number of hydrogen-bond donors (Lipinski definition) is 0. The maximum Gasteiger partial charge on any atom is 0.329 e. The number of carbonyl (C=O) groups excluding carboxylic acids is 1. The fraction of sp³-hybridized carbons (Fsp3) is 0.583. The minimum absolute atomic E-state index is 0.0240. The van der Waals surface area contributed by atoms with Gasteiger partial charge in [-0.1, -0.05) is 0 Å². The summed E-state index contributed by atoms with van der Waals surface area (Å²) in [5, 5.41) is 0. The van der Waals surface area contributed by atoms with Gasteiger partial charge in [0.2, 0.25) is 0 Å². The number of carbonyl (C=O) groups is 1. The summed E-state index contributed by atoms with van der Waals surface area (Å²) < 4.78 is 20.3. The maximum atomic E-state index is 13.8. The van der Waals surface area contributed by atoms with Crippen molar-refractivity contribution in [3.8, 4) is 0 Å². The molecule has 0 spiro atoms. The molecule has 0 saturated heterocycles. The highest BCUT2D eigenvalue weighted by atomic mass is 79.9. The summed E-state index contributed by atoms with van der Waals surface area (Å²) in [7, 11) is 0. The first-order valence-electron chi connectivity index (χ1n) is 5.84. The second kappa shape index (κ2) is 4.70. The molecular formula is C12H14BrFN2O3. The van der Waals surface area contributed by atoms with E-state index in [0.717, 1.165) is 4.57 Å². The summed E-state index contributed by atoms with van der Waals surface area (Å²) in [6, 6.07) is -0.957. The summed E-state index contributed by atoms with van der Waals surface area (Å²) in [6.45, 7) is 5.15. The predicted octanol–water partition coefficient (Wildman–Crippen LogP) is 2.30. The third kappa shape index (κ3) is 2.70. The van der Waals surface area contributed by atoms with Crippen LogP contribution in [0.4, 0.5) is 4.39 Å². The average Bonchev–Trinajstić information content (AvgIpc) is 2.60. The van der Waals surface area contributed by atoms with E-state index in [4.69, 9.17) is 4.74 Å². The van der Waals surface area contributed by atoms with Gasteiger partial charge >= 0.3 is 5.97 Å². The van der Waals surface area contributed by atoms with Gasteiger partial charge in [0.05, 0.1) is 0 Å². The Balaban J connectivity index is 2.41. The van der Waals surface area contributed by atoms with Crippen molar-refractivity contribution in [2.75, 3.05) is 0 Å². The molecule has 5 nitrogen and oxygen atoms in total. The molecular weight excluding hydrogens is 319 g/mol. The molecule has 0 amide bonds. The van der Waals surface area contributed by atoms with Crippen molar-refractivity contribution in [2.45, 2.75) is 45.0 Å². The zero-order valence-electron chi connectivity index (χ0n) is 10.8. The molecule has 1 aromatic heterocycles. The van der Waals surface area contributed by atoms with Gasteiger partial charge in [-0.15, -0.1) is 0 Å². The Kier molecular flexibility index (Phi) is 3.51. The second-order valence-corrected chi connectivity index (χ2v) is 6.25. The number of hydrogen-bond acceptors (Lipinski definition) is 4. The summed E-state index contributed by atoms with van der Waals surface area (Å²) in [6.07, 6.45) is -0.301. The van der Waals surface area contributed by atoms with Gasteiger partial charge in [0.25, 0.3) is 5.56 Å². The molecule has 2 heterocycles. The van der Waals surface area contributed by atoms with Crippen molar-refractivity contribution in [1.29, 1.82) is 0 Å². The summed E-state index contributed by atoms with van der Waals surface area (Å²) >= 11 is 3.04. The van der Waals surface area contributed by atoms with E-state index in [1.165, 1.54) is 6.20 Å². The van der Waals surface area contributed by atoms with Crippen LogP contribution in [0, 0.1) is 0 Å². The molecule has 0 N–H and O–H groups in total. The molecule has 1 aromatic rings. The van der Waals surface area contributed by atoms with Crippen molar-refractivity contribution < 1.29 is 13.9 Å². The molecule has 1 unspecified atom stereocenters. The van der Waals surface area contributed by atoms with Crippen molar-refractivity contribution in [2.24, 2.45) is 0 Å². The highest BCUT2D eigenvalue weighted by Crippen LogP contribution is 2.35. The third-order valence-corrected chi connectivity index (χ3v) is 3.22. The van der Waals surface area contributed by atoms with Crippen molar-refractivity contribution in [1.82, 2.24) is 9.55 Å². The first-order chi connectivity index (χ1) is 8.70. The van der Waals surface area contributed by atoms with Crippen molar-refractivity contribution in [3.05, 3.63) is 26.8 Å². The molecule has 0 bridgehead atoms. The van der Waals surface area contributed by atoms with E-state index in [1.54, 1.807) is 20.8 Å². The average molecular weight is 333 g/mol. The lowest BCUT2D eigenvalue weighted by Gasteiger charge is -2.22. The van der Waals surface area contributed by atoms with Gasteiger partial charge in [0.1, 0.15) is 21.9 Å². The number of aromatic nitrogens is 2. The summed E-state index contributed by atoms with van der Waals surface area (Å²) in [5.41, 5.74) is -1.16. The molecule has 2 atom stereocenters. The van der Waals surface area contributed by atoms with Crippen LogP contribution in [0.5, 0.6) is 0 Å². The zero-order valence-corrected chi connectivity index (χ0v) is 12.4. The van der Waals surface area contributed by atoms with Crippen LogP contribution in [-0.2, 0) is 9.53 Å². The third-order valence-electron chi connectivity index (χ3n) is 2.68. The Bertz CT molecular complexity index is 579. The maximum absolute atomic E-state index is 13.8. The Morgan fingerprint density at radius 2 is 2.21 bits per heavy atom. The minimum atomic E-state index is -1.43. The normalized spacial score (nSPS) is 22.2. The highest BCUT2D eigenvalue weighted by Gasteiger charge is 2.40. The summed E-state index contributed by atoms with van der Waals surface area (Å²) in [5.74, 6) is -0.639. The van der Waals surface area contributed by atoms with Gasteiger partial charge in [-0.25, -0.2) is 14.2 Å². The van der Waals surface area contributed by atoms with Gasteiger partial charge in [0.15, 0.2) is 6.17 Å². The van der Waals surface area contributed by atoms with Crippen LogP contribution in [-0.4, -0.2) is 21.1 Å². The number of ether oxygens (including phenoxy) is 1. The Hall–Kier alpha value is -1.24. The van der Waals surface area contributed by atoms with E-state index in [1.807, 2.05) is 0 Å². The van der Waals surface area contributed by atoms with Crippen LogP contribution in [0.25, 0.3) is 0 Å². The lowest BCUT2D eigenvalue weighted by molar-refractivity contribution is -0.159. The van der Waals surface area contributed by atoms with Gasteiger partial charge in [-0.05, 0) is 36.7 Å². The first-order valence-corrected chi connectivity index (χ1v) is 6.64. The molecule has 19 heavy (non-hydrogen) atoms. The molecule has 104 valence electrons. The van der Waals surface area contributed by atoms with Crippen LogP contribution in [0.3, 0.4) is 0 Å². The van der Waals surface area contributed by atoms with E-state index in [9.17, 15) is 14.0 Å². The van der Waals surface area contributed by atoms with E-state index in [0.29, 0.717) is 0 Å². The molecule has 1 aliphatic rings. The van der Waals surface area contributed by atoms with Gasteiger partial charge in [0, 0.05) is 12.6 Å². The fourth-order valence-electron chi connectivity index (χ4n) is 1.97. The smallest absolute Gasteiger partial charge is 0.329 e. The van der Waals surface area contributed by atoms with Crippen molar-refractivity contribution in [3.63, 3.8) is 0 Å². The largest absolute Gasteiger partial charge is 0.458 e. The molecule has 0 saturated carbocycles. The minimum Gasteiger partial charge on any atom is -0.458 e. The second-order valence-electron chi connectivity index (χ2n) is 5.39. The molecule has 2 rings (SSSR count). The SMILES string of the molecule is CC(C)(C)OC(=O)[C@@H]1CC(F)c2ncc(Br)c(=O)n21. The molecule has 0 aromatic carbocycles. The van der Waals surface area contributed by atoms with Crippen LogP contribution in [0.1, 0.15) is 45.2 Å². The molecule has 7 heteroatoms. The van der Waals surface area contributed by atoms with Crippen molar-refractivity contribution >= 4 is 21.9 Å². The monoisotopic (exact) mass is 332 g/mol. The molecule has 0 fully saturated rings. The molecule has 1 aliphatic heterocycles. The Morgan fingerprint density at radius 3 is 2.79 bits per heavy atom. The zero-order chi connectivity index (χ0) is 14.4.